The second kappa shape index (κ2) is 6.09. The Bertz CT molecular complexity index is 665. The minimum absolute atomic E-state index is 0.0101. The number of aryl methyl sites for hydroxylation is 1. The first-order valence-electron chi connectivity index (χ1n) is 8.55. The van der Waals surface area contributed by atoms with E-state index in [-0.39, 0.29) is 6.10 Å². The number of ether oxygens (including phenoxy) is 1. The molecule has 2 aliphatic rings. The molecule has 0 bridgehead atoms. The van der Waals surface area contributed by atoms with Crippen LogP contribution in [0.1, 0.15) is 49.6 Å². The number of hydrogen-bond acceptors (Lipinski definition) is 5. The number of nitrogens with zero attached hydrogens (tertiary/aromatic N) is 4. The summed E-state index contributed by atoms with van der Waals surface area (Å²) in [6, 6.07) is 4.27. The molecular weight excluding hydrogens is 292 g/mol. The fourth-order valence-electron chi connectivity index (χ4n) is 3.38. The van der Waals surface area contributed by atoms with Gasteiger partial charge in [-0.2, -0.15) is 0 Å². The molecule has 0 N–H and O–H groups in total. The van der Waals surface area contributed by atoms with Crippen molar-refractivity contribution in [1.29, 1.82) is 0 Å². The molecule has 2 aromatic rings. The standard InChI is InChI=1S/C17H24N4O2/c1-3-21-11-18-19-17(21)16-10-20(6-7-22-16)9-13-4-5-15(23-13)14-8-12(14)2/h4-5,11-12,14,16H,3,6-10H2,1-2H3. The maximum Gasteiger partial charge on any atom is 0.163 e. The number of hydrogen-bond donors (Lipinski definition) is 0. The number of furan rings is 1. The summed E-state index contributed by atoms with van der Waals surface area (Å²) in [4.78, 5) is 2.38. The van der Waals surface area contributed by atoms with Crippen LogP contribution in [0.25, 0.3) is 0 Å². The summed E-state index contributed by atoms with van der Waals surface area (Å²) in [5.74, 6) is 4.55. The molecule has 23 heavy (non-hydrogen) atoms. The van der Waals surface area contributed by atoms with Gasteiger partial charge < -0.3 is 13.7 Å². The van der Waals surface area contributed by atoms with Gasteiger partial charge in [0.2, 0.25) is 0 Å². The summed E-state index contributed by atoms with van der Waals surface area (Å²) in [5.41, 5.74) is 0. The van der Waals surface area contributed by atoms with Crippen molar-refractivity contribution < 1.29 is 9.15 Å². The number of rotatable bonds is 5. The van der Waals surface area contributed by atoms with Gasteiger partial charge in [0.25, 0.3) is 0 Å². The van der Waals surface area contributed by atoms with Gasteiger partial charge in [-0.1, -0.05) is 6.92 Å². The third kappa shape index (κ3) is 3.05. The van der Waals surface area contributed by atoms with Crippen LogP contribution in [-0.4, -0.2) is 39.4 Å². The molecule has 3 unspecified atom stereocenters. The molecule has 0 aromatic carbocycles. The highest BCUT2D eigenvalue weighted by atomic mass is 16.5. The van der Waals surface area contributed by atoms with Crippen molar-refractivity contribution >= 4 is 0 Å². The van der Waals surface area contributed by atoms with Gasteiger partial charge in [-0.05, 0) is 31.4 Å². The minimum atomic E-state index is -0.0101. The van der Waals surface area contributed by atoms with E-state index in [0.29, 0.717) is 12.5 Å². The van der Waals surface area contributed by atoms with Crippen molar-refractivity contribution in [2.24, 2.45) is 5.92 Å². The molecule has 0 amide bonds. The number of aromatic nitrogens is 3. The second-order valence-corrected chi connectivity index (χ2v) is 6.69. The summed E-state index contributed by atoms with van der Waals surface area (Å²) in [6.07, 6.45) is 3.02. The lowest BCUT2D eigenvalue weighted by molar-refractivity contribution is -0.0406. The Morgan fingerprint density at radius 1 is 1.35 bits per heavy atom. The Balaban J connectivity index is 1.40. The fraction of sp³-hybridized carbons (Fsp3) is 0.647. The molecule has 3 heterocycles. The van der Waals surface area contributed by atoms with Gasteiger partial charge in [0.05, 0.1) is 13.2 Å². The van der Waals surface area contributed by atoms with Crippen molar-refractivity contribution in [2.75, 3.05) is 19.7 Å². The maximum atomic E-state index is 6.04. The second-order valence-electron chi connectivity index (χ2n) is 6.69. The van der Waals surface area contributed by atoms with E-state index in [4.69, 9.17) is 9.15 Å². The predicted molar refractivity (Wildman–Crippen MR) is 84.9 cm³/mol. The Kier molecular flexibility index (Phi) is 3.95. The zero-order valence-electron chi connectivity index (χ0n) is 13.8. The summed E-state index contributed by atoms with van der Waals surface area (Å²) in [5, 5.41) is 8.24. The highest BCUT2D eigenvalue weighted by Crippen LogP contribution is 2.47. The minimum Gasteiger partial charge on any atom is -0.464 e. The van der Waals surface area contributed by atoms with Gasteiger partial charge in [0.15, 0.2) is 5.82 Å². The average molecular weight is 316 g/mol. The van der Waals surface area contributed by atoms with Crippen LogP contribution in [0.3, 0.4) is 0 Å². The molecule has 1 saturated carbocycles. The van der Waals surface area contributed by atoms with Gasteiger partial charge in [0.1, 0.15) is 24.0 Å². The monoisotopic (exact) mass is 316 g/mol. The van der Waals surface area contributed by atoms with Crippen molar-refractivity contribution in [3.8, 4) is 0 Å². The van der Waals surface area contributed by atoms with E-state index in [1.165, 1.54) is 6.42 Å². The molecule has 124 valence electrons. The van der Waals surface area contributed by atoms with Crippen LogP contribution in [0.4, 0.5) is 0 Å². The van der Waals surface area contributed by atoms with E-state index in [9.17, 15) is 0 Å². The maximum absolute atomic E-state index is 6.04. The van der Waals surface area contributed by atoms with Crippen molar-refractivity contribution in [3.63, 3.8) is 0 Å². The zero-order chi connectivity index (χ0) is 15.8. The topological polar surface area (TPSA) is 56.3 Å². The van der Waals surface area contributed by atoms with E-state index in [2.05, 4.69) is 41.1 Å². The molecule has 0 radical (unpaired) electrons. The Hall–Kier alpha value is -1.66. The summed E-state index contributed by atoms with van der Waals surface area (Å²) < 4.78 is 14.0. The van der Waals surface area contributed by atoms with E-state index >= 15 is 0 Å². The van der Waals surface area contributed by atoms with E-state index in [1.807, 2.05) is 4.57 Å². The van der Waals surface area contributed by atoms with Crippen LogP contribution in [0.5, 0.6) is 0 Å². The number of morpholine rings is 1. The lowest BCUT2D eigenvalue weighted by Crippen LogP contribution is -2.38. The average Bonchev–Trinajstić information content (AvgIpc) is 2.97. The van der Waals surface area contributed by atoms with Crippen LogP contribution in [0, 0.1) is 5.92 Å². The van der Waals surface area contributed by atoms with Crippen LogP contribution >= 0.6 is 0 Å². The first-order chi connectivity index (χ1) is 11.2. The molecule has 4 rings (SSSR count). The molecule has 3 atom stereocenters. The first kappa shape index (κ1) is 14.9. The first-order valence-corrected chi connectivity index (χ1v) is 8.55. The summed E-state index contributed by atoms with van der Waals surface area (Å²) in [6.45, 7) is 8.54. The third-order valence-corrected chi connectivity index (χ3v) is 4.96. The highest BCUT2D eigenvalue weighted by Gasteiger charge is 2.36. The Morgan fingerprint density at radius 2 is 2.22 bits per heavy atom. The Labute approximate surface area is 136 Å². The van der Waals surface area contributed by atoms with Gasteiger partial charge in [-0.3, -0.25) is 4.90 Å². The molecule has 1 aliphatic heterocycles. The van der Waals surface area contributed by atoms with Crippen LogP contribution in [0.2, 0.25) is 0 Å². The third-order valence-electron chi connectivity index (χ3n) is 4.96. The summed E-state index contributed by atoms with van der Waals surface area (Å²) >= 11 is 0. The summed E-state index contributed by atoms with van der Waals surface area (Å²) in [7, 11) is 0. The van der Waals surface area contributed by atoms with E-state index in [1.54, 1.807) is 6.33 Å². The van der Waals surface area contributed by atoms with Gasteiger partial charge in [-0.15, -0.1) is 10.2 Å². The van der Waals surface area contributed by atoms with Gasteiger partial charge in [0, 0.05) is 25.6 Å². The molecule has 2 fully saturated rings. The lowest BCUT2D eigenvalue weighted by atomic mass is 10.2. The lowest BCUT2D eigenvalue weighted by Gasteiger charge is -2.31. The van der Waals surface area contributed by atoms with Crippen LogP contribution < -0.4 is 0 Å². The largest absolute Gasteiger partial charge is 0.464 e. The quantitative estimate of drug-likeness (QED) is 0.848. The predicted octanol–water partition coefficient (Wildman–Crippen LogP) is 2.59. The molecule has 6 heteroatoms. The normalized spacial score (nSPS) is 28.2. The van der Waals surface area contributed by atoms with Gasteiger partial charge in [-0.25, -0.2) is 0 Å². The van der Waals surface area contributed by atoms with Crippen molar-refractivity contribution in [2.45, 2.75) is 45.4 Å². The Morgan fingerprint density at radius 3 is 3.00 bits per heavy atom. The fourth-order valence-corrected chi connectivity index (χ4v) is 3.38. The molecule has 1 aliphatic carbocycles. The SMILES string of the molecule is CCn1cnnc1C1CN(Cc2ccc(C3CC3C)o2)CCO1. The van der Waals surface area contributed by atoms with Crippen molar-refractivity contribution in [3.05, 3.63) is 35.8 Å². The van der Waals surface area contributed by atoms with Crippen LogP contribution in [0.15, 0.2) is 22.9 Å². The smallest absolute Gasteiger partial charge is 0.163 e. The molecule has 0 spiro atoms. The van der Waals surface area contributed by atoms with Crippen LogP contribution in [-0.2, 0) is 17.8 Å². The highest BCUT2D eigenvalue weighted by molar-refractivity contribution is 5.17. The molecule has 2 aromatic heterocycles. The van der Waals surface area contributed by atoms with E-state index in [0.717, 1.165) is 49.4 Å². The van der Waals surface area contributed by atoms with E-state index < -0.39 is 0 Å². The molecular formula is C17H24N4O2. The molecule has 1 saturated heterocycles. The van der Waals surface area contributed by atoms with Gasteiger partial charge >= 0.3 is 0 Å². The molecule has 6 nitrogen and oxygen atoms in total. The van der Waals surface area contributed by atoms with Crippen molar-refractivity contribution in [1.82, 2.24) is 19.7 Å². The zero-order valence-corrected chi connectivity index (χ0v) is 13.8.